The topological polar surface area (TPSA) is 95.9 Å². The van der Waals surface area contributed by atoms with Crippen molar-refractivity contribution in [2.24, 2.45) is 5.92 Å². The van der Waals surface area contributed by atoms with Crippen LogP contribution in [0.2, 0.25) is 0 Å². The lowest BCUT2D eigenvalue weighted by Crippen LogP contribution is -2.45. The van der Waals surface area contributed by atoms with Crippen molar-refractivity contribution < 1.29 is 24.2 Å². The number of methoxy groups -OCH3 is 1. The fourth-order valence-electron chi connectivity index (χ4n) is 3.47. The average molecular weight is 396 g/mol. The van der Waals surface area contributed by atoms with Crippen LogP contribution < -0.4 is 15.0 Å². The van der Waals surface area contributed by atoms with Gasteiger partial charge in [0.15, 0.2) is 0 Å². The Kier molecular flexibility index (Phi) is 6.16. The van der Waals surface area contributed by atoms with E-state index in [-0.39, 0.29) is 25.3 Å². The number of hydrogen-bond donors (Lipinski definition) is 2. The summed E-state index contributed by atoms with van der Waals surface area (Å²) in [6.07, 6.45) is 0.207. The van der Waals surface area contributed by atoms with Gasteiger partial charge in [0.05, 0.1) is 18.7 Å². The average Bonchev–Trinajstić information content (AvgIpc) is 3.09. The molecule has 2 aromatic carbocycles. The van der Waals surface area contributed by atoms with Gasteiger partial charge in [-0.3, -0.25) is 9.59 Å². The fraction of sp³-hybridized carbons (Fsp3) is 0.318. The van der Waals surface area contributed by atoms with E-state index in [1.807, 2.05) is 49.4 Å². The monoisotopic (exact) mass is 396 g/mol. The van der Waals surface area contributed by atoms with Gasteiger partial charge in [-0.1, -0.05) is 36.4 Å². The number of carboxylic acids is 1. The molecule has 1 saturated heterocycles. The number of ether oxygens (including phenoxy) is 1. The second-order valence-corrected chi connectivity index (χ2v) is 7.17. The molecule has 2 N–H and O–H groups in total. The van der Waals surface area contributed by atoms with Crippen LogP contribution in [0.25, 0.3) is 0 Å². The highest BCUT2D eigenvalue weighted by Gasteiger charge is 2.37. The van der Waals surface area contributed by atoms with E-state index >= 15 is 0 Å². The van der Waals surface area contributed by atoms with Crippen molar-refractivity contribution in [3.63, 3.8) is 0 Å². The molecule has 152 valence electrons. The number of aryl methyl sites for hydroxylation is 1. The van der Waals surface area contributed by atoms with Gasteiger partial charge in [-0.2, -0.15) is 0 Å². The van der Waals surface area contributed by atoms with Crippen LogP contribution in [-0.2, 0) is 20.8 Å². The molecule has 3 rings (SSSR count). The molecule has 0 radical (unpaired) electrons. The second-order valence-electron chi connectivity index (χ2n) is 7.17. The third-order valence-electron chi connectivity index (χ3n) is 5.02. The summed E-state index contributed by atoms with van der Waals surface area (Å²) in [4.78, 5) is 38.4. The van der Waals surface area contributed by atoms with E-state index in [0.717, 1.165) is 11.1 Å². The van der Waals surface area contributed by atoms with Gasteiger partial charge in [0.25, 0.3) is 0 Å². The SMILES string of the molecule is COc1ccc(C)cc1N1CC(C(=O)N[C@H](Cc2ccccc2)C(=O)O)CC1=O. The first-order valence-electron chi connectivity index (χ1n) is 9.41. The van der Waals surface area contributed by atoms with Crippen molar-refractivity contribution >= 4 is 23.5 Å². The summed E-state index contributed by atoms with van der Waals surface area (Å²) in [5.41, 5.74) is 2.40. The maximum absolute atomic E-state index is 12.7. The number of anilines is 1. The molecule has 1 aliphatic heterocycles. The summed E-state index contributed by atoms with van der Waals surface area (Å²) < 4.78 is 5.35. The number of aliphatic carboxylic acids is 1. The summed E-state index contributed by atoms with van der Waals surface area (Å²) >= 11 is 0. The zero-order chi connectivity index (χ0) is 21.0. The predicted octanol–water partition coefficient (Wildman–Crippen LogP) is 2.17. The third kappa shape index (κ3) is 4.74. The van der Waals surface area contributed by atoms with Gasteiger partial charge in [0, 0.05) is 19.4 Å². The van der Waals surface area contributed by atoms with E-state index in [1.165, 1.54) is 12.0 Å². The van der Waals surface area contributed by atoms with E-state index in [1.54, 1.807) is 6.07 Å². The minimum absolute atomic E-state index is 0.0284. The summed E-state index contributed by atoms with van der Waals surface area (Å²) in [6, 6.07) is 13.6. The molecule has 1 unspecified atom stereocenters. The Labute approximate surface area is 169 Å². The van der Waals surface area contributed by atoms with Gasteiger partial charge in [-0.15, -0.1) is 0 Å². The van der Waals surface area contributed by atoms with Crippen molar-refractivity contribution in [1.29, 1.82) is 0 Å². The molecule has 2 amide bonds. The Hall–Kier alpha value is -3.35. The Morgan fingerprint density at radius 2 is 1.97 bits per heavy atom. The van der Waals surface area contributed by atoms with Crippen LogP contribution in [0.15, 0.2) is 48.5 Å². The molecule has 0 aliphatic carbocycles. The molecule has 1 fully saturated rings. The van der Waals surface area contributed by atoms with Gasteiger partial charge in [-0.05, 0) is 30.2 Å². The van der Waals surface area contributed by atoms with Crippen molar-refractivity contribution in [2.75, 3.05) is 18.6 Å². The number of nitrogens with zero attached hydrogens (tertiary/aromatic N) is 1. The molecule has 7 heteroatoms. The molecule has 0 aromatic heterocycles. The molecule has 1 heterocycles. The molecule has 2 atom stereocenters. The van der Waals surface area contributed by atoms with E-state index in [0.29, 0.717) is 11.4 Å². The first-order chi connectivity index (χ1) is 13.9. The summed E-state index contributed by atoms with van der Waals surface area (Å²) in [5.74, 6) is -1.80. The molecule has 0 spiro atoms. The molecule has 0 bridgehead atoms. The van der Waals surface area contributed by atoms with Gasteiger partial charge in [-0.25, -0.2) is 4.79 Å². The van der Waals surface area contributed by atoms with E-state index in [2.05, 4.69) is 5.32 Å². The van der Waals surface area contributed by atoms with Gasteiger partial charge < -0.3 is 20.1 Å². The van der Waals surface area contributed by atoms with Crippen LogP contribution in [0.1, 0.15) is 17.5 Å². The minimum atomic E-state index is -1.11. The standard InChI is InChI=1S/C22H24N2O5/c1-14-8-9-19(29-2)18(10-14)24-13-16(12-20(24)25)21(26)23-17(22(27)28)11-15-6-4-3-5-7-15/h3-10,16-17H,11-13H2,1-2H3,(H,23,26)(H,27,28)/t16?,17-/m1/s1. The summed E-state index contributed by atoms with van der Waals surface area (Å²) in [7, 11) is 1.53. The number of amides is 2. The highest BCUT2D eigenvalue weighted by atomic mass is 16.5. The number of rotatable bonds is 7. The lowest BCUT2D eigenvalue weighted by molar-refractivity contribution is -0.142. The Morgan fingerprint density at radius 1 is 1.24 bits per heavy atom. The molecule has 0 saturated carbocycles. The van der Waals surface area contributed by atoms with E-state index in [9.17, 15) is 19.5 Å². The van der Waals surface area contributed by atoms with Crippen LogP contribution in [0.5, 0.6) is 5.75 Å². The molecule has 7 nitrogen and oxygen atoms in total. The molecule has 29 heavy (non-hydrogen) atoms. The number of hydrogen-bond acceptors (Lipinski definition) is 4. The number of carboxylic acid groups (broad SMARTS) is 1. The van der Waals surface area contributed by atoms with Crippen LogP contribution >= 0.6 is 0 Å². The number of benzene rings is 2. The largest absolute Gasteiger partial charge is 0.495 e. The lowest BCUT2D eigenvalue weighted by atomic mass is 10.0. The smallest absolute Gasteiger partial charge is 0.326 e. The summed E-state index contributed by atoms with van der Waals surface area (Å²) in [5, 5.41) is 12.1. The number of carbonyl (C=O) groups excluding carboxylic acids is 2. The maximum atomic E-state index is 12.7. The maximum Gasteiger partial charge on any atom is 0.326 e. The Balaban J connectivity index is 1.71. The molecular formula is C22H24N2O5. The second kappa shape index (κ2) is 8.77. The normalized spacial score (nSPS) is 17.1. The highest BCUT2D eigenvalue weighted by Crippen LogP contribution is 2.34. The van der Waals surface area contributed by atoms with E-state index < -0.39 is 23.8 Å². The van der Waals surface area contributed by atoms with E-state index in [4.69, 9.17) is 4.74 Å². The lowest BCUT2D eigenvalue weighted by Gasteiger charge is -2.21. The van der Waals surface area contributed by atoms with Gasteiger partial charge in [0.1, 0.15) is 11.8 Å². The van der Waals surface area contributed by atoms with Crippen molar-refractivity contribution in [3.05, 3.63) is 59.7 Å². The van der Waals surface area contributed by atoms with Crippen molar-refractivity contribution in [2.45, 2.75) is 25.8 Å². The minimum Gasteiger partial charge on any atom is -0.495 e. The quantitative estimate of drug-likeness (QED) is 0.748. The van der Waals surface area contributed by atoms with Gasteiger partial charge >= 0.3 is 5.97 Å². The van der Waals surface area contributed by atoms with Crippen molar-refractivity contribution in [3.8, 4) is 5.75 Å². The first-order valence-corrected chi connectivity index (χ1v) is 9.41. The fourth-order valence-corrected chi connectivity index (χ4v) is 3.47. The van der Waals surface area contributed by atoms with Gasteiger partial charge in [0.2, 0.25) is 11.8 Å². The van der Waals surface area contributed by atoms with Crippen molar-refractivity contribution in [1.82, 2.24) is 5.32 Å². The van der Waals surface area contributed by atoms with Crippen LogP contribution in [0, 0.1) is 12.8 Å². The third-order valence-corrected chi connectivity index (χ3v) is 5.02. The Bertz CT molecular complexity index is 913. The first kappa shape index (κ1) is 20.4. The number of carbonyl (C=O) groups is 3. The molecule has 1 aliphatic rings. The molecular weight excluding hydrogens is 372 g/mol. The zero-order valence-corrected chi connectivity index (χ0v) is 16.4. The molecule has 2 aromatic rings. The Morgan fingerprint density at radius 3 is 2.62 bits per heavy atom. The summed E-state index contributed by atoms with van der Waals surface area (Å²) in [6.45, 7) is 2.09. The predicted molar refractivity (Wildman–Crippen MR) is 108 cm³/mol. The highest BCUT2D eigenvalue weighted by molar-refractivity contribution is 6.01. The zero-order valence-electron chi connectivity index (χ0n) is 16.4. The van der Waals surface area contributed by atoms with Crippen LogP contribution in [-0.4, -0.2) is 42.6 Å². The van der Waals surface area contributed by atoms with Crippen LogP contribution in [0.3, 0.4) is 0 Å². The van der Waals surface area contributed by atoms with Crippen LogP contribution in [0.4, 0.5) is 5.69 Å². The number of nitrogens with one attached hydrogen (secondary N) is 1.